The number of rotatable bonds is 7. The van der Waals surface area contributed by atoms with Crippen LogP contribution in [0.25, 0.3) is 6.08 Å². The molecular formula is C24H16F6N2O4. The van der Waals surface area contributed by atoms with Gasteiger partial charge in [-0.25, -0.2) is 0 Å². The maximum atomic E-state index is 12.6. The van der Waals surface area contributed by atoms with Crippen LogP contribution < -0.4 is 20.5 Å². The highest BCUT2D eigenvalue weighted by Crippen LogP contribution is 2.31. The maximum absolute atomic E-state index is 12.6. The van der Waals surface area contributed by atoms with E-state index in [1.807, 2.05) is 0 Å². The zero-order chi connectivity index (χ0) is 26.5. The summed E-state index contributed by atoms with van der Waals surface area (Å²) in [4.78, 5) is 24.3. The van der Waals surface area contributed by atoms with Gasteiger partial charge in [-0.3, -0.25) is 9.59 Å². The second-order valence-electron chi connectivity index (χ2n) is 7.14. The van der Waals surface area contributed by atoms with Crippen LogP contribution in [0.3, 0.4) is 0 Å². The van der Waals surface area contributed by atoms with Gasteiger partial charge in [0, 0.05) is 5.56 Å². The molecule has 3 aromatic carbocycles. The number of halogens is 6. The Labute approximate surface area is 199 Å². The minimum atomic E-state index is -4.86. The quantitative estimate of drug-likeness (QED) is 0.318. The standard InChI is InChI=1S/C24H16F6N2O4/c25-23(26,27)16-5-11-18(12-6-16)35-17-9-3-15(4-10-17)22(34)32-20(21(31)33)13-14-1-7-19(8-2-14)36-24(28,29)30/h1-13H,(H2,31,33)(H,32,34)/b20-13-. The van der Waals surface area contributed by atoms with Crippen molar-refractivity contribution < 1.29 is 45.4 Å². The number of amides is 2. The largest absolute Gasteiger partial charge is 0.573 e. The fourth-order valence-electron chi connectivity index (χ4n) is 2.82. The van der Waals surface area contributed by atoms with Crippen LogP contribution in [-0.2, 0) is 11.0 Å². The monoisotopic (exact) mass is 510 g/mol. The van der Waals surface area contributed by atoms with E-state index in [2.05, 4.69) is 10.1 Å². The highest BCUT2D eigenvalue weighted by molar-refractivity contribution is 6.04. The molecule has 0 heterocycles. The molecule has 0 bridgehead atoms. The Bertz CT molecular complexity index is 1250. The Morgan fingerprint density at radius 3 is 1.72 bits per heavy atom. The van der Waals surface area contributed by atoms with Crippen molar-refractivity contribution >= 4 is 17.9 Å². The molecule has 188 valence electrons. The molecule has 36 heavy (non-hydrogen) atoms. The molecule has 3 N–H and O–H groups in total. The van der Waals surface area contributed by atoms with Crippen LogP contribution in [0.4, 0.5) is 26.3 Å². The summed E-state index contributed by atoms with van der Waals surface area (Å²) in [7, 11) is 0. The molecular weight excluding hydrogens is 494 g/mol. The van der Waals surface area contributed by atoms with Crippen LogP contribution in [-0.4, -0.2) is 18.2 Å². The molecule has 0 aliphatic carbocycles. The summed E-state index contributed by atoms with van der Waals surface area (Å²) in [6.45, 7) is 0. The van der Waals surface area contributed by atoms with Gasteiger partial charge >= 0.3 is 12.5 Å². The van der Waals surface area contributed by atoms with Crippen molar-refractivity contribution in [3.63, 3.8) is 0 Å². The molecule has 0 aliphatic heterocycles. The lowest BCUT2D eigenvalue weighted by Crippen LogP contribution is -2.31. The van der Waals surface area contributed by atoms with Gasteiger partial charge in [0.2, 0.25) is 0 Å². The van der Waals surface area contributed by atoms with Crippen molar-refractivity contribution in [2.75, 3.05) is 0 Å². The molecule has 0 fully saturated rings. The number of primary amides is 1. The Morgan fingerprint density at radius 2 is 1.25 bits per heavy atom. The van der Waals surface area contributed by atoms with Gasteiger partial charge in [0.05, 0.1) is 5.56 Å². The van der Waals surface area contributed by atoms with Crippen LogP contribution >= 0.6 is 0 Å². The predicted octanol–water partition coefficient (Wildman–Crippen LogP) is 5.65. The number of alkyl halides is 6. The van der Waals surface area contributed by atoms with Gasteiger partial charge in [0.15, 0.2) is 0 Å². The first-order chi connectivity index (χ1) is 16.8. The molecule has 0 aliphatic rings. The van der Waals surface area contributed by atoms with Gasteiger partial charge in [-0.05, 0) is 72.3 Å². The van der Waals surface area contributed by atoms with E-state index in [0.717, 1.165) is 36.4 Å². The average molecular weight is 510 g/mol. The number of ether oxygens (including phenoxy) is 2. The van der Waals surface area contributed by atoms with E-state index in [9.17, 15) is 35.9 Å². The highest BCUT2D eigenvalue weighted by atomic mass is 19.4. The maximum Gasteiger partial charge on any atom is 0.573 e. The van der Waals surface area contributed by atoms with E-state index in [-0.39, 0.29) is 28.3 Å². The van der Waals surface area contributed by atoms with Gasteiger partial charge in [-0.15, -0.1) is 13.2 Å². The van der Waals surface area contributed by atoms with E-state index < -0.39 is 35.7 Å². The molecule has 0 spiro atoms. The molecule has 0 saturated carbocycles. The summed E-state index contributed by atoms with van der Waals surface area (Å²) in [5, 5.41) is 2.31. The third-order valence-corrected chi connectivity index (χ3v) is 4.47. The van der Waals surface area contributed by atoms with E-state index in [1.54, 1.807) is 0 Å². The van der Waals surface area contributed by atoms with Crippen molar-refractivity contribution in [3.05, 3.63) is 95.2 Å². The third kappa shape index (κ3) is 7.52. The number of carbonyl (C=O) groups excluding carboxylic acids is 2. The van der Waals surface area contributed by atoms with E-state index >= 15 is 0 Å². The Hall–Kier alpha value is -4.48. The van der Waals surface area contributed by atoms with Gasteiger partial charge in [0.25, 0.3) is 11.8 Å². The Morgan fingerprint density at radius 1 is 0.750 bits per heavy atom. The lowest BCUT2D eigenvalue weighted by Gasteiger charge is -2.10. The summed E-state index contributed by atoms with van der Waals surface area (Å²) >= 11 is 0. The zero-order valence-corrected chi connectivity index (χ0v) is 18.0. The number of hydrogen-bond acceptors (Lipinski definition) is 4. The number of hydrogen-bond donors (Lipinski definition) is 2. The van der Waals surface area contributed by atoms with Gasteiger partial charge in [0.1, 0.15) is 22.9 Å². The first-order valence-corrected chi connectivity index (χ1v) is 9.94. The van der Waals surface area contributed by atoms with Crippen molar-refractivity contribution in [1.82, 2.24) is 5.32 Å². The fourth-order valence-corrected chi connectivity index (χ4v) is 2.82. The van der Waals surface area contributed by atoms with Crippen molar-refractivity contribution in [3.8, 4) is 17.2 Å². The number of nitrogens with one attached hydrogen (secondary N) is 1. The second kappa shape index (κ2) is 10.4. The lowest BCUT2D eigenvalue weighted by atomic mass is 10.1. The SMILES string of the molecule is NC(=O)/C(=C/c1ccc(OC(F)(F)F)cc1)NC(=O)c1ccc(Oc2ccc(C(F)(F)F)cc2)cc1. The normalized spacial score (nSPS) is 12.1. The molecule has 0 atom stereocenters. The van der Waals surface area contributed by atoms with Crippen LogP contribution in [0.1, 0.15) is 21.5 Å². The fraction of sp³-hybridized carbons (Fsp3) is 0.0833. The molecule has 12 heteroatoms. The average Bonchev–Trinajstić information content (AvgIpc) is 2.79. The smallest absolute Gasteiger partial charge is 0.457 e. The number of benzene rings is 3. The summed E-state index contributed by atoms with van der Waals surface area (Å²) in [6.07, 6.45) is -8.17. The van der Waals surface area contributed by atoms with Gasteiger partial charge in [-0.2, -0.15) is 13.2 Å². The summed E-state index contributed by atoms with van der Waals surface area (Å²) in [5.74, 6) is -1.81. The van der Waals surface area contributed by atoms with Gasteiger partial charge < -0.3 is 20.5 Å². The van der Waals surface area contributed by atoms with Crippen molar-refractivity contribution in [2.45, 2.75) is 12.5 Å². The first kappa shape index (κ1) is 26.1. The molecule has 0 saturated heterocycles. The topological polar surface area (TPSA) is 90.7 Å². The van der Waals surface area contributed by atoms with E-state index in [4.69, 9.17) is 10.5 Å². The minimum Gasteiger partial charge on any atom is -0.457 e. The molecule has 0 radical (unpaired) electrons. The van der Waals surface area contributed by atoms with Crippen LogP contribution in [0.15, 0.2) is 78.5 Å². The number of nitrogens with two attached hydrogens (primary N) is 1. The molecule has 0 unspecified atom stereocenters. The van der Waals surface area contributed by atoms with E-state index in [1.165, 1.54) is 42.5 Å². The Kier molecular flexibility index (Phi) is 7.56. The first-order valence-electron chi connectivity index (χ1n) is 9.94. The third-order valence-electron chi connectivity index (χ3n) is 4.47. The van der Waals surface area contributed by atoms with Crippen molar-refractivity contribution in [1.29, 1.82) is 0 Å². The highest BCUT2D eigenvalue weighted by Gasteiger charge is 2.31. The lowest BCUT2D eigenvalue weighted by molar-refractivity contribution is -0.274. The van der Waals surface area contributed by atoms with Crippen molar-refractivity contribution in [2.24, 2.45) is 5.73 Å². The van der Waals surface area contributed by atoms with Crippen LogP contribution in [0.2, 0.25) is 0 Å². The molecule has 0 aromatic heterocycles. The summed E-state index contributed by atoms with van der Waals surface area (Å²) in [6, 6.07) is 14.0. The second-order valence-corrected chi connectivity index (χ2v) is 7.14. The van der Waals surface area contributed by atoms with Gasteiger partial charge in [-0.1, -0.05) is 12.1 Å². The Balaban J connectivity index is 1.67. The number of carbonyl (C=O) groups is 2. The zero-order valence-electron chi connectivity index (χ0n) is 18.0. The molecule has 2 amide bonds. The predicted molar refractivity (Wildman–Crippen MR) is 116 cm³/mol. The summed E-state index contributed by atoms with van der Waals surface area (Å²) in [5.41, 5.74) is 4.49. The van der Waals surface area contributed by atoms with Crippen LogP contribution in [0, 0.1) is 0 Å². The molecule has 3 rings (SSSR count). The molecule has 6 nitrogen and oxygen atoms in total. The van der Waals surface area contributed by atoms with Crippen LogP contribution in [0.5, 0.6) is 17.2 Å². The summed E-state index contributed by atoms with van der Waals surface area (Å²) < 4.78 is 83.9. The van der Waals surface area contributed by atoms with E-state index in [0.29, 0.717) is 0 Å². The minimum absolute atomic E-state index is 0.0934. The molecule has 3 aromatic rings.